The molecule has 3 aromatic carbocycles. The second kappa shape index (κ2) is 9.71. The number of ether oxygens (including phenoxy) is 3. The summed E-state index contributed by atoms with van der Waals surface area (Å²) in [6, 6.07) is 16.4. The third-order valence-corrected chi connectivity index (χ3v) is 7.54. The van der Waals surface area contributed by atoms with Gasteiger partial charge in [-0.3, -0.25) is 14.2 Å². The van der Waals surface area contributed by atoms with Crippen LogP contribution in [-0.2, 0) is 4.79 Å². The Morgan fingerprint density at radius 2 is 1.73 bits per heavy atom. The zero-order valence-corrected chi connectivity index (χ0v) is 22.0. The number of fused-ring (bicyclic) bond motifs is 2. The molecular formula is C29H26N2O5S. The lowest BCUT2D eigenvalue weighted by molar-refractivity contribution is -0.114. The van der Waals surface area contributed by atoms with Crippen LogP contribution in [0.5, 0.6) is 17.2 Å². The molecule has 4 aromatic rings. The molecule has 7 nitrogen and oxygen atoms in total. The molecule has 0 saturated heterocycles. The maximum atomic E-state index is 14.0. The van der Waals surface area contributed by atoms with Crippen molar-refractivity contribution in [2.24, 2.45) is 4.99 Å². The van der Waals surface area contributed by atoms with Gasteiger partial charge in [-0.15, -0.1) is 0 Å². The highest BCUT2D eigenvalue weighted by Crippen LogP contribution is 2.35. The van der Waals surface area contributed by atoms with Crippen LogP contribution in [0.2, 0.25) is 0 Å². The fourth-order valence-electron chi connectivity index (χ4n) is 4.84. The van der Waals surface area contributed by atoms with Crippen LogP contribution in [0.25, 0.3) is 16.8 Å². The number of methoxy groups -OCH3 is 3. The van der Waals surface area contributed by atoms with Crippen molar-refractivity contribution in [3.05, 3.63) is 96.7 Å². The molecule has 37 heavy (non-hydrogen) atoms. The van der Waals surface area contributed by atoms with Crippen LogP contribution >= 0.6 is 11.3 Å². The summed E-state index contributed by atoms with van der Waals surface area (Å²) in [5.74, 6) is 1.79. The number of rotatable bonds is 6. The molecule has 1 aliphatic rings. The molecule has 0 amide bonds. The number of hydrogen-bond acceptors (Lipinski definition) is 7. The number of nitrogens with zero attached hydrogens (tertiary/aromatic N) is 2. The maximum Gasteiger partial charge on any atom is 0.271 e. The van der Waals surface area contributed by atoms with E-state index in [1.807, 2.05) is 60.7 Å². The van der Waals surface area contributed by atoms with Crippen molar-refractivity contribution in [3.63, 3.8) is 0 Å². The molecule has 0 radical (unpaired) electrons. The molecule has 1 atom stereocenters. The molecule has 0 saturated carbocycles. The highest BCUT2D eigenvalue weighted by Gasteiger charge is 2.32. The average molecular weight is 515 g/mol. The Morgan fingerprint density at radius 3 is 2.43 bits per heavy atom. The van der Waals surface area contributed by atoms with Crippen LogP contribution in [0.1, 0.15) is 31.0 Å². The molecule has 2 heterocycles. The van der Waals surface area contributed by atoms with Gasteiger partial charge in [-0.2, -0.15) is 0 Å². The smallest absolute Gasteiger partial charge is 0.271 e. The van der Waals surface area contributed by atoms with Gasteiger partial charge >= 0.3 is 0 Å². The Kier molecular flexibility index (Phi) is 6.43. The van der Waals surface area contributed by atoms with Gasteiger partial charge in [-0.25, -0.2) is 4.99 Å². The Hall–Kier alpha value is -4.17. The predicted octanol–water partition coefficient (Wildman–Crippen LogP) is 4.00. The zero-order chi connectivity index (χ0) is 26.3. The summed E-state index contributed by atoms with van der Waals surface area (Å²) in [5.41, 5.74) is 2.30. The minimum atomic E-state index is -0.651. The number of para-hydroxylation sites is 1. The van der Waals surface area contributed by atoms with Gasteiger partial charge in [-0.05, 0) is 55.0 Å². The van der Waals surface area contributed by atoms with Crippen LogP contribution in [-0.4, -0.2) is 31.7 Å². The van der Waals surface area contributed by atoms with E-state index in [0.717, 1.165) is 21.9 Å². The van der Waals surface area contributed by atoms with Crippen molar-refractivity contribution in [1.29, 1.82) is 0 Å². The first-order valence-corrected chi connectivity index (χ1v) is 12.5. The van der Waals surface area contributed by atoms with E-state index < -0.39 is 6.04 Å². The molecular weight excluding hydrogens is 488 g/mol. The highest BCUT2D eigenvalue weighted by atomic mass is 32.1. The fraction of sp³-hybridized carbons (Fsp3) is 0.207. The van der Waals surface area contributed by atoms with E-state index >= 15 is 0 Å². The van der Waals surface area contributed by atoms with E-state index in [0.29, 0.717) is 37.9 Å². The number of Topliss-reactive ketones (excluding diaryl/α,β-unsaturated/α-hetero) is 1. The number of hydrogen-bond donors (Lipinski definition) is 0. The quantitative estimate of drug-likeness (QED) is 0.389. The average Bonchev–Trinajstić information content (AvgIpc) is 3.21. The third kappa shape index (κ3) is 4.13. The molecule has 0 bridgehead atoms. The van der Waals surface area contributed by atoms with Gasteiger partial charge in [0.15, 0.2) is 10.6 Å². The SMILES string of the molecule is COc1ccc2ccc(OC)c(C=c3sc4n(c3=O)[C@@H](c3ccccc3OC)C(C(C)=O)=C(C)N=4)c2c1. The van der Waals surface area contributed by atoms with Crippen molar-refractivity contribution in [2.45, 2.75) is 19.9 Å². The van der Waals surface area contributed by atoms with E-state index in [1.165, 1.54) is 18.3 Å². The van der Waals surface area contributed by atoms with Crippen molar-refractivity contribution < 1.29 is 19.0 Å². The summed E-state index contributed by atoms with van der Waals surface area (Å²) in [7, 11) is 4.80. The lowest BCUT2D eigenvalue weighted by atomic mass is 9.93. The summed E-state index contributed by atoms with van der Waals surface area (Å²) in [6.07, 6.45) is 1.83. The number of ketones is 1. The molecule has 0 aliphatic carbocycles. The van der Waals surface area contributed by atoms with Crippen LogP contribution < -0.4 is 29.1 Å². The van der Waals surface area contributed by atoms with Gasteiger partial charge in [0.05, 0.1) is 31.9 Å². The monoisotopic (exact) mass is 514 g/mol. The molecule has 188 valence electrons. The first-order chi connectivity index (χ1) is 17.9. The topological polar surface area (TPSA) is 79.1 Å². The first-order valence-electron chi connectivity index (χ1n) is 11.7. The second-order valence-corrected chi connectivity index (χ2v) is 9.66. The number of carbonyl (C=O) groups excluding carboxylic acids is 1. The van der Waals surface area contributed by atoms with E-state index in [-0.39, 0.29) is 11.3 Å². The van der Waals surface area contributed by atoms with Gasteiger partial charge in [0, 0.05) is 22.4 Å². The van der Waals surface area contributed by atoms with Crippen LogP contribution in [0, 0.1) is 0 Å². The molecule has 0 N–H and O–H groups in total. The molecule has 0 unspecified atom stereocenters. The molecule has 1 aromatic heterocycles. The van der Waals surface area contributed by atoms with Crippen LogP contribution in [0.15, 0.2) is 75.7 Å². The lowest BCUT2D eigenvalue weighted by Crippen LogP contribution is -2.39. The molecule has 0 spiro atoms. The number of allylic oxidation sites excluding steroid dienone is 2. The van der Waals surface area contributed by atoms with Crippen molar-refractivity contribution in [3.8, 4) is 17.2 Å². The van der Waals surface area contributed by atoms with Crippen molar-refractivity contribution in [1.82, 2.24) is 4.57 Å². The molecule has 0 fully saturated rings. The number of benzene rings is 3. The van der Waals surface area contributed by atoms with Crippen LogP contribution in [0.4, 0.5) is 0 Å². The van der Waals surface area contributed by atoms with E-state index in [9.17, 15) is 9.59 Å². The minimum absolute atomic E-state index is 0.144. The van der Waals surface area contributed by atoms with Gasteiger partial charge in [-0.1, -0.05) is 41.7 Å². The summed E-state index contributed by atoms with van der Waals surface area (Å²) in [4.78, 5) is 32.0. The van der Waals surface area contributed by atoms with Gasteiger partial charge in [0.2, 0.25) is 0 Å². The highest BCUT2D eigenvalue weighted by molar-refractivity contribution is 7.07. The fourth-order valence-corrected chi connectivity index (χ4v) is 5.87. The Morgan fingerprint density at radius 1 is 1.00 bits per heavy atom. The minimum Gasteiger partial charge on any atom is -0.497 e. The lowest BCUT2D eigenvalue weighted by Gasteiger charge is -2.25. The number of thiazole rings is 1. The van der Waals surface area contributed by atoms with Gasteiger partial charge < -0.3 is 14.2 Å². The summed E-state index contributed by atoms with van der Waals surface area (Å²) in [6.45, 7) is 3.30. The Bertz CT molecular complexity index is 1760. The largest absolute Gasteiger partial charge is 0.497 e. The third-order valence-electron chi connectivity index (χ3n) is 6.56. The standard InChI is InChI=1S/C29H26N2O5S/c1-16-26(17(2)32)27(20-8-6-7-9-23(20)35-4)31-28(33)25(37-29(31)30-16)15-22-21-14-19(34-3)12-10-18(21)11-13-24(22)36-5/h6-15,27H,1-5H3/t27-/m0/s1. The zero-order valence-electron chi connectivity index (χ0n) is 21.2. The van der Waals surface area contributed by atoms with Gasteiger partial charge in [0.1, 0.15) is 17.2 Å². The van der Waals surface area contributed by atoms with Gasteiger partial charge in [0.25, 0.3) is 5.56 Å². The second-order valence-electron chi connectivity index (χ2n) is 8.65. The van der Waals surface area contributed by atoms with E-state index in [2.05, 4.69) is 4.99 Å². The van der Waals surface area contributed by atoms with E-state index in [1.54, 1.807) is 32.8 Å². The summed E-state index contributed by atoms with van der Waals surface area (Å²) >= 11 is 1.28. The Labute approximate surface area is 217 Å². The normalized spacial score (nSPS) is 15.4. The summed E-state index contributed by atoms with van der Waals surface area (Å²) in [5, 5.41) is 1.88. The Balaban J connectivity index is 1.82. The molecule has 8 heteroatoms. The number of aromatic nitrogens is 1. The molecule has 1 aliphatic heterocycles. The predicted molar refractivity (Wildman–Crippen MR) is 144 cm³/mol. The van der Waals surface area contributed by atoms with E-state index in [4.69, 9.17) is 14.2 Å². The molecule has 5 rings (SSSR count). The number of carbonyl (C=O) groups is 1. The van der Waals surface area contributed by atoms with Crippen LogP contribution in [0.3, 0.4) is 0 Å². The van der Waals surface area contributed by atoms with Crippen molar-refractivity contribution in [2.75, 3.05) is 21.3 Å². The maximum absolute atomic E-state index is 14.0. The van der Waals surface area contributed by atoms with Crippen molar-refractivity contribution >= 4 is 34.0 Å². The summed E-state index contributed by atoms with van der Waals surface area (Å²) < 4.78 is 18.8. The first kappa shape index (κ1) is 24.5.